The highest BCUT2D eigenvalue weighted by Crippen LogP contribution is 2.49. The normalized spacial score (nSPS) is 19.8. The molecule has 20 nitrogen and oxygen atoms in total. The molecule has 63 heavy (non-hydrogen) atoms. The summed E-state index contributed by atoms with van der Waals surface area (Å²) in [7, 11) is -14.0. The molecule has 0 saturated carbocycles. The average Bonchev–Trinajstić information content (AvgIpc) is 3.74. The van der Waals surface area contributed by atoms with Crippen molar-refractivity contribution in [1.29, 1.82) is 0 Å². The quantitative estimate of drug-likeness (QED) is 0.0673. The smallest absolute Gasteiger partial charge is 0.333 e. The summed E-state index contributed by atoms with van der Waals surface area (Å²) in [5, 5.41) is 14.7. The number of imide groups is 1. The minimum absolute atomic E-state index is 0.0101. The summed E-state index contributed by atoms with van der Waals surface area (Å²) < 4.78 is 98.9. The average molecular weight is 929 g/mol. The van der Waals surface area contributed by atoms with E-state index in [0.717, 1.165) is 30.5 Å². The molecular weight excluding hydrogens is 889 g/mol. The number of allylic oxidation sites excluding steroid dienone is 5. The molecule has 2 aromatic rings. The van der Waals surface area contributed by atoms with Crippen molar-refractivity contribution in [2.45, 2.75) is 86.8 Å². The second-order valence-electron chi connectivity index (χ2n) is 16.3. The van der Waals surface area contributed by atoms with Crippen molar-refractivity contribution in [2.24, 2.45) is 0 Å². The van der Waals surface area contributed by atoms with Gasteiger partial charge in [-0.3, -0.25) is 24.0 Å². The lowest BCUT2D eigenvalue weighted by molar-refractivity contribution is -0.425. The molecule has 6 rings (SSSR count). The highest BCUT2D eigenvalue weighted by molar-refractivity contribution is 7.89. The number of carbonyl (C=O) groups excluding carboxylic acids is 6. The molecule has 0 bridgehead atoms. The number of ketones is 2. The van der Waals surface area contributed by atoms with Crippen molar-refractivity contribution in [3.63, 3.8) is 0 Å². The molecule has 1 fully saturated rings. The van der Waals surface area contributed by atoms with Crippen molar-refractivity contribution in [3.8, 4) is 0 Å². The monoisotopic (exact) mass is 928 g/mol. The molecule has 0 unspecified atom stereocenters. The van der Waals surface area contributed by atoms with Crippen LogP contribution in [0.15, 0.2) is 80.9 Å². The molecule has 3 aliphatic heterocycles. The van der Waals surface area contributed by atoms with Gasteiger partial charge < -0.3 is 23.9 Å². The second kappa shape index (κ2) is 16.3. The van der Waals surface area contributed by atoms with Crippen molar-refractivity contribution in [1.82, 2.24) is 9.79 Å². The molecule has 0 spiro atoms. The van der Waals surface area contributed by atoms with E-state index in [1.165, 1.54) is 42.7 Å². The number of sulfonamides is 1. The molecule has 336 valence electrons. The number of unbranched alkanes of at least 4 members (excludes halogenated alkanes) is 2. The van der Waals surface area contributed by atoms with Crippen LogP contribution in [-0.4, -0.2) is 104 Å². The van der Waals surface area contributed by atoms with E-state index in [-0.39, 0.29) is 54.9 Å². The lowest BCUT2D eigenvalue weighted by atomic mass is 9.81. The molecule has 0 aromatic heterocycles. The maximum absolute atomic E-state index is 14.3. The fourth-order valence-corrected chi connectivity index (χ4v) is 9.46. The van der Waals surface area contributed by atoms with E-state index in [9.17, 15) is 68.2 Å². The number of anilines is 1. The zero-order chi connectivity index (χ0) is 46.8. The topological polar surface area (TPSA) is 305 Å². The van der Waals surface area contributed by atoms with Crippen molar-refractivity contribution in [2.75, 3.05) is 24.2 Å². The van der Waals surface area contributed by atoms with Gasteiger partial charge in [-0.15, -0.1) is 5.06 Å². The third-order valence-corrected chi connectivity index (χ3v) is 13.4. The summed E-state index contributed by atoms with van der Waals surface area (Å²) in [6.45, 7) is 5.75. The number of hydroxylamine groups is 2. The molecule has 23 heteroatoms. The van der Waals surface area contributed by atoms with Gasteiger partial charge in [0.25, 0.3) is 17.7 Å². The van der Waals surface area contributed by atoms with Crippen LogP contribution in [0.4, 0.5) is 11.4 Å². The van der Waals surface area contributed by atoms with Gasteiger partial charge in [0, 0.05) is 71.5 Å². The van der Waals surface area contributed by atoms with E-state index >= 15 is 0 Å². The van der Waals surface area contributed by atoms with Gasteiger partial charge in [0.2, 0.25) is 33.8 Å². The van der Waals surface area contributed by atoms with Gasteiger partial charge in [-0.1, -0.05) is 26.0 Å². The molecule has 0 atom stereocenters. The standard InChI is InChI=1S/C40H42N4O16S3/c1-39(2)26-17-22(62(54,55)56)10-12-28(26)42(16-8-6-7-9-35(48)60-44-33(46)14-15-34(44)47)30(39)19-24-36(49)25(38(51)37(24)50)20-31-40(3,4)27-18-23(63(57,58)59)11-13-29(27)43(31)21-32(45)41-61(5,52)53/h10-13,17-20H,6-9,14-16,21H2,1-5H3,(H3-,41,45,49,50,51,54,55,56,57,58,59)/p-2. The van der Waals surface area contributed by atoms with Gasteiger partial charge in [-0.05, 0) is 68.7 Å². The summed E-state index contributed by atoms with van der Waals surface area (Å²) in [6, 6.07) is 6.90. The third kappa shape index (κ3) is 9.14. The molecule has 1 N–H and O–H groups in total. The lowest BCUT2D eigenvalue weighted by Gasteiger charge is -2.28. The van der Waals surface area contributed by atoms with Crippen LogP contribution in [0.1, 0.15) is 77.3 Å². The van der Waals surface area contributed by atoms with Crippen LogP contribution < -0.4 is 14.7 Å². The van der Waals surface area contributed by atoms with Gasteiger partial charge in [-0.25, -0.2) is 34.8 Å². The molecule has 0 radical (unpaired) electrons. The Kier molecular flexibility index (Phi) is 12.1. The minimum Gasteiger partial charge on any atom is -0.871 e. The summed E-state index contributed by atoms with van der Waals surface area (Å²) >= 11 is 0. The Morgan fingerprint density at radius 2 is 1.40 bits per heavy atom. The van der Waals surface area contributed by atoms with Crippen LogP contribution in [0.2, 0.25) is 0 Å². The van der Waals surface area contributed by atoms with E-state index in [2.05, 4.69) is 0 Å². The first-order valence-electron chi connectivity index (χ1n) is 19.2. The van der Waals surface area contributed by atoms with E-state index in [1.807, 2.05) is 4.72 Å². The number of rotatable bonds is 14. The Balaban J connectivity index is 1.38. The van der Waals surface area contributed by atoms with E-state index in [0.29, 0.717) is 29.2 Å². The zero-order valence-electron chi connectivity index (χ0n) is 34.4. The van der Waals surface area contributed by atoms with Crippen LogP contribution in [0.25, 0.3) is 0 Å². The molecule has 1 aliphatic carbocycles. The number of Topliss-reactive ketones (excluding diaryl/α,β-unsaturated/α-hetero) is 2. The van der Waals surface area contributed by atoms with E-state index < -0.39 is 110 Å². The van der Waals surface area contributed by atoms with E-state index in [4.69, 9.17) is 4.84 Å². The number of benzene rings is 2. The number of carbonyl (C=O) groups is 6. The number of nitrogens with zero attached hydrogens (tertiary/aromatic N) is 3. The number of amides is 3. The maximum atomic E-state index is 14.3. The number of hydrogen-bond acceptors (Lipinski definition) is 17. The molecule has 3 heterocycles. The fraction of sp³-hybridized carbons (Fsp3) is 0.375. The number of fused-ring (bicyclic) bond motifs is 2. The molecule has 1 saturated heterocycles. The van der Waals surface area contributed by atoms with Gasteiger partial charge in [0.1, 0.15) is 20.2 Å². The summed E-state index contributed by atoms with van der Waals surface area (Å²) in [5.41, 5.74) is -2.55. The number of hydrogen-bond donors (Lipinski definition) is 1. The first-order valence-corrected chi connectivity index (χ1v) is 23.9. The highest BCUT2D eigenvalue weighted by Gasteiger charge is 2.48. The zero-order valence-corrected chi connectivity index (χ0v) is 36.8. The number of nitrogens with one attached hydrogen (secondary N) is 1. The third-order valence-electron chi connectivity index (χ3n) is 11.1. The lowest BCUT2D eigenvalue weighted by Crippen LogP contribution is -2.37. The predicted molar refractivity (Wildman–Crippen MR) is 214 cm³/mol. The Morgan fingerprint density at radius 1 is 0.810 bits per heavy atom. The van der Waals surface area contributed by atoms with E-state index in [1.54, 1.807) is 18.7 Å². The Bertz CT molecular complexity index is 2890. The highest BCUT2D eigenvalue weighted by atomic mass is 32.2. The molecular formula is C40H40N4O16S3-2. The Morgan fingerprint density at radius 3 is 1.98 bits per heavy atom. The van der Waals surface area contributed by atoms with Gasteiger partial charge in [0.15, 0.2) is 5.71 Å². The van der Waals surface area contributed by atoms with Crippen molar-refractivity contribution >= 4 is 82.6 Å². The fourth-order valence-electron chi connectivity index (χ4n) is 7.99. The summed E-state index contributed by atoms with van der Waals surface area (Å²) in [6.07, 6.45) is 3.66. The Labute approximate surface area is 362 Å². The van der Waals surface area contributed by atoms with Crippen molar-refractivity contribution < 1.29 is 77.6 Å². The van der Waals surface area contributed by atoms with Crippen LogP contribution in [-0.2, 0) is 74.7 Å². The van der Waals surface area contributed by atoms with Gasteiger partial charge >= 0.3 is 5.97 Å². The molecule has 4 aliphatic rings. The first kappa shape index (κ1) is 46.6. The van der Waals surface area contributed by atoms with Crippen LogP contribution in [0.3, 0.4) is 0 Å². The van der Waals surface area contributed by atoms with Crippen LogP contribution >= 0.6 is 0 Å². The molecule has 3 amide bonds. The predicted octanol–water partition coefficient (Wildman–Crippen LogP) is 0.489. The van der Waals surface area contributed by atoms with Crippen LogP contribution in [0, 0.1) is 0 Å². The largest absolute Gasteiger partial charge is 0.871 e. The van der Waals surface area contributed by atoms with Crippen LogP contribution in [0.5, 0.6) is 0 Å². The summed E-state index contributed by atoms with van der Waals surface area (Å²) in [5.74, 6) is -6.64. The van der Waals surface area contributed by atoms with Crippen molar-refractivity contribution in [3.05, 3.63) is 82.3 Å². The first-order chi connectivity index (χ1) is 29.0. The maximum Gasteiger partial charge on any atom is 0.333 e. The Hall–Kier alpha value is -5.88. The second-order valence-corrected chi connectivity index (χ2v) is 20.8. The molecule has 2 aromatic carbocycles. The SMILES string of the molecule is CC1(C)C(/C=C2\C(=O)C(=O)C(/C=C3/N(CCCCCC(=O)ON4C(=O)CCC4=O)c4ccc(S(=O)(=O)[O-])cc4C3(C)C)=C2[O-])=[N+](CC(=O)NS(C)(=O)=O)c2ccc(S(=O)(=O)[O-])cc21. The van der Waals surface area contributed by atoms with Gasteiger partial charge in [-0.2, -0.15) is 4.58 Å². The minimum atomic E-state index is -4.99. The summed E-state index contributed by atoms with van der Waals surface area (Å²) in [4.78, 5) is 81.8. The van der Waals surface area contributed by atoms with Gasteiger partial charge in [0.05, 0.1) is 21.5 Å².